The zero-order valence-electron chi connectivity index (χ0n) is 28.6. The smallest absolute Gasteiger partial charge is 0.342 e. The van der Waals surface area contributed by atoms with Crippen molar-refractivity contribution in [3.63, 3.8) is 0 Å². The second-order valence-electron chi connectivity index (χ2n) is 11.7. The van der Waals surface area contributed by atoms with Gasteiger partial charge in [0.1, 0.15) is 6.61 Å². The van der Waals surface area contributed by atoms with E-state index in [4.69, 9.17) is 24.2 Å². The van der Waals surface area contributed by atoms with E-state index in [-0.39, 0.29) is 12.5 Å². The number of aliphatic imine (C=N–C) groups is 2. The first-order chi connectivity index (χ1) is 24.6. The fourth-order valence-electron chi connectivity index (χ4n) is 5.71. The van der Waals surface area contributed by atoms with Crippen molar-refractivity contribution < 1.29 is 33.6 Å². The number of likely N-dealkylation sites (N-methyl/N-ethyl adjacent to an activating group) is 2. The third kappa shape index (κ3) is 7.25. The molecule has 51 heavy (non-hydrogen) atoms. The third-order valence-corrected chi connectivity index (χ3v) is 10.7. The van der Waals surface area contributed by atoms with Crippen LogP contribution in [0, 0.1) is 13.8 Å². The number of hydrogen-bond acceptors (Lipinski definition) is 11. The van der Waals surface area contributed by atoms with Crippen LogP contribution in [0.25, 0.3) is 12.2 Å². The van der Waals surface area contributed by atoms with Crippen molar-refractivity contribution in [3.05, 3.63) is 116 Å². The number of nitrogens with zero attached hydrogens (tertiary/aromatic N) is 4. The maximum Gasteiger partial charge on any atom is 0.342 e. The highest BCUT2D eigenvalue weighted by molar-refractivity contribution is 7.16. The molecule has 2 amide bonds. The van der Waals surface area contributed by atoms with Crippen molar-refractivity contribution >= 4 is 75.4 Å². The molecule has 0 radical (unpaired) electrons. The quantitative estimate of drug-likeness (QED) is 0.0426. The number of anilines is 2. The average molecular weight is 725 g/mol. The first-order valence-electron chi connectivity index (χ1n) is 16.0. The van der Waals surface area contributed by atoms with Gasteiger partial charge in [-0.3, -0.25) is 19.6 Å². The maximum absolute atomic E-state index is 13.5. The molecule has 4 aromatic rings. The minimum Gasteiger partial charge on any atom is -0.436 e. The Labute approximate surface area is 303 Å². The Bertz CT molecular complexity index is 2080. The zero-order valence-corrected chi connectivity index (χ0v) is 30.2. The van der Waals surface area contributed by atoms with Crippen molar-refractivity contribution in [2.45, 2.75) is 25.9 Å². The molecular weight excluding hydrogens is 689 g/mol. The van der Waals surface area contributed by atoms with E-state index in [0.29, 0.717) is 17.1 Å². The summed E-state index contributed by atoms with van der Waals surface area (Å²) in [5.74, 6) is -1.70. The molecule has 13 heteroatoms. The summed E-state index contributed by atoms with van der Waals surface area (Å²) in [6.07, 6.45) is 3.46. The molecule has 0 saturated heterocycles. The van der Waals surface area contributed by atoms with Crippen LogP contribution in [-0.2, 0) is 33.6 Å². The van der Waals surface area contributed by atoms with E-state index in [9.17, 15) is 14.4 Å². The van der Waals surface area contributed by atoms with Crippen LogP contribution in [0.2, 0.25) is 0 Å². The number of benzene rings is 2. The highest BCUT2D eigenvalue weighted by Crippen LogP contribution is 2.37. The number of thiophene rings is 2. The first kappa shape index (κ1) is 35.8. The molecule has 0 N–H and O–H groups in total. The van der Waals surface area contributed by atoms with Crippen LogP contribution in [-0.4, -0.2) is 75.6 Å². The van der Waals surface area contributed by atoms with Gasteiger partial charge < -0.3 is 19.3 Å². The van der Waals surface area contributed by atoms with Crippen molar-refractivity contribution in [3.8, 4) is 0 Å². The van der Waals surface area contributed by atoms with Gasteiger partial charge in [0.25, 0.3) is 11.8 Å². The van der Waals surface area contributed by atoms with E-state index >= 15 is 0 Å². The maximum atomic E-state index is 13.5. The van der Waals surface area contributed by atoms with Gasteiger partial charge in [0.2, 0.25) is 6.04 Å². The minimum absolute atomic E-state index is 0.193. The number of carbonyl (C=O) groups is 3. The van der Waals surface area contributed by atoms with Crippen molar-refractivity contribution in [1.29, 1.82) is 0 Å². The van der Waals surface area contributed by atoms with Crippen molar-refractivity contribution in [2.24, 2.45) is 9.98 Å². The Kier molecular flexibility index (Phi) is 10.8. The highest BCUT2D eigenvalue weighted by Gasteiger charge is 2.37. The van der Waals surface area contributed by atoms with Crippen molar-refractivity contribution in [2.75, 3.05) is 44.1 Å². The normalized spacial score (nSPS) is 17.2. The van der Waals surface area contributed by atoms with Crippen LogP contribution in [0.4, 0.5) is 11.4 Å². The van der Waals surface area contributed by atoms with Gasteiger partial charge in [0, 0.05) is 35.0 Å². The van der Waals surface area contributed by atoms with Gasteiger partial charge in [-0.2, -0.15) is 0 Å². The molecule has 262 valence electrons. The summed E-state index contributed by atoms with van der Waals surface area (Å²) in [7, 11) is 3.30. The predicted molar refractivity (Wildman–Crippen MR) is 201 cm³/mol. The van der Waals surface area contributed by atoms with Gasteiger partial charge >= 0.3 is 5.97 Å². The molecule has 0 saturated carbocycles. The lowest BCUT2D eigenvalue weighted by Crippen LogP contribution is -2.40. The summed E-state index contributed by atoms with van der Waals surface area (Å²) >= 11 is 2.94. The minimum atomic E-state index is -1.46. The molecule has 2 aromatic heterocycles. The second kappa shape index (κ2) is 15.5. The summed E-state index contributed by atoms with van der Waals surface area (Å²) in [6, 6.07) is 16.9. The highest BCUT2D eigenvalue weighted by atomic mass is 32.1. The van der Waals surface area contributed by atoms with E-state index in [1.54, 1.807) is 31.1 Å². The summed E-state index contributed by atoms with van der Waals surface area (Å²) in [5.41, 5.74) is 6.21. The standard InChI is InChI=1S/C38H36N4O7S2/c1-7-24-17-29-34(50-24)31(26-15-11-9-13-22(26)3)39-28(36(43)41(29)5)19-48-49-21-46-20-47-38(45)33-37(44)42(6)30-18-25(8-2)51-35(30)32(40-33)27-16-12-10-14-23(27)4/h7-18,28,33H,1-2,19-21H2,3-6H3. The number of aryl methyl sites for hydroxylation is 2. The van der Waals surface area contributed by atoms with E-state index in [2.05, 4.69) is 18.2 Å². The summed E-state index contributed by atoms with van der Waals surface area (Å²) < 4.78 is 10.6. The molecule has 2 unspecified atom stereocenters. The number of ether oxygens (including phenoxy) is 2. The SMILES string of the molecule is C=Cc1cc2c(s1)C(c1ccccc1C)=NC(COOCOCOC(=O)C1N=C(c3ccccc3C)c3sc(C=C)cc3N(C)C1=O)C(=O)N2C. The monoisotopic (exact) mass is 724 g/mol. The Morgan fingerprint density at radius 3 is 1.86 bits per heavy atom. The van der Waals surface area contributed by atoms with Gasteiger partial charge in [0.15, 0.2) is 19.6 Å². The number of carbonyl (C=O) groups excluding carboxylic acids is 3. The number of hydrogen-bond donors (Lipinski definition) is 0. The molecule has 2 aromatic carbocycles. The summed E-state index contributed by atoms with van der Waals surface area (Å²) in [4.78, 5) is 66.6. The number of amides is 2. The molecule has 0 aliphatic carbocycles. The van der Waals surface area contributed by atoms with Crippen LogP contribution in [0.15, 0.2) is 83.8 Å². The van der Waals surface area contributed by atoms with Crippen LogP contribution >= 0.6 is 22.7 Å². The van der Waals surface area contributed by atoms with Gasteiger partial charge in [0.05, 0.1) is 32.6 Å². The van der Waals surface area contributed by atoms with Crippen molar-refractivity contribution in [1.82, 2.24) is 0 Å². The Morgan fingerprint density at radius 1 is 0.784 bits per heavy atom. The topological polar surface area (TPSA) is 119 Å². The molecule has 4 heterocycles. The molecule has 2 aliphatic rings. The number of fused-ring (bicyclic) bond motifs is 2. The molecule has 0 fully saturated rings. The van der Waals surface area contributed by atoms with E-state index in [1.165, 1.54) is 27.6 Å². The predicted octanol–water partition coefficient (Wildman–Crippen LogP) is 6.20. The van der Waals surface area contributed by atoms with E-state index in [1.807, 2.05) is 74.5 Å². The van der Waals surface area contributed by atoms with Crippen LogP contribution in [0.1, 0.15) is 41.8 Å². The molecule has 0 bridgehead atoms. The first-order valence-corrected chi connectivity index (χ1v) is 17.6. The number of esters is 1. The fourth-order valence-corrected chi connectivity index (χ4v) is 7.81. The van der Waals surface area contributed by atoms with Crippen LogP contribution < -0.4 is 9.80 Å². The lowest BCUT2D eigenvalue weighted by atomic mass is 10.0. The summed E-state index contributed by atoms with van der Waals surface area (Å²) in [5, 5.41) is 0. The second-order valence-corrected chi connectivity index (χ2v) is 13.9. The molecule has 2 aliphatic heterocycles. The van der Waals surface area contributed by atoms with Gasteiger partial charge in [-0.25, -0.2) is 14.6 Å². The average Bonchev–Trinajstić information content (AvgIpc) is 3.73. The third-order valence-electron chi connectivity index (χ3n) is 8.49. The summed E-state index contributed by atoms with van der Waals surface area (Å²) in [6.45, 7) is 10.5. The molecule has 6 rings (SSSR count). The Hall–Kier alpha value is -5.05. The molecular formula is C38H36N4O7S2. The number of rotatable bonds is 12. The van der Waals surface area contributed by atoms with Crippen LogP contribution in [0.3, 0.4) is 0 Å². The van der Waals surface area contributed by atoms with E-state index < -0.39 is 37.5 Å². The Balaban J connectivity index is 1.09. The molecule has 11 nitrogen and oxygen atoms in total. The van der Waals surface area contributed by atoms with E-state index in [0.717, 1.165) is 47.4 Å². The molecule has 0 spiro atoms. The lowest BCUT2D eigenvalue weighted by molar-refractivity contribution is -0.343. The van der Waals surface area contributed by atoms with Gasteiger partial charge in [-0.1, -0.05) is 73.8 Å². The zero-order chi connectivity index (χ0) is 36.2. The van der Waals surface area contributed by atoms with Gasteiger partial charge in [-0.15, -0.1) is 22.7 Å². The lowest BCUT2D eigenvalue weighted by Gasteiger charge is -2.18. The Morgan fingerprint density at radius 2 is 1.31 bits per heavy atom. The largest absolute Gasteiger partial charge is 0.436 e. The van der Waals surface area contributed by atoms with Crippen LogP contribution in [0.5, 0.6) is 0 Å². The molecule has 2 atom stereocenters. The fraction of sp³-hybridized carbons (Fsp3) is 0.237. The van der Waals surface area contributed by atoms with Gasteiger partial charge in [-0.05, 0) is 37.1 Å².